The van der Waals surface area contributed by atoms with Crippen LogP contribution in [0.1, 0.15) is 45.9 Å². The molecule has 1 N–H and O–H groups in total. The summed E-state index contributed by atoms with van der Waals surface area (Å²) in [4.78, 5) is 30.8. The predicted molar refractivity (Wildman–Crippen MR) is 146 cm³/mol. The van der Waals surface area contributed by atoms with E-state index in [0.29, 0.717) is 53.2 Å². The van der Waals surface area contributed by atoms with Crippen molar-refractivity contribution < 1.29 is 23.4 Å². The molecule has 1 aromatic carbocycles. The number of phenolic OH excluding ortho intramolecular Hbond substituents is 1. The molecule has 6 rings (SSSR count). The maximum atomic E-state index is 13.7. The maximum Gasteiger partial charge on any atom is 0.410 e. The quantitative estimate of drug-likeness (QED) is 0.353. The number of fused-ring (bicyclic) bond motifs is 2. The monoisotopic (exact) mass is 533 g/mol. The lowest BCUT2D eigenvalue weighted by Gasteiger charge is -2.43. The molecule has 4 heterocycles. The van der Waals surface area contributed by atoms with Crippen LogP contribution in [-0.4, -0.2) is 68.0 Å². The lowest BCUT2D eigenvalue weighted by atomic mass is 9.88. The van der Waals surface area contributed by atoms with Crippen LogP contribution in [0.3, 0.4) is 0 Å². The first-order chi connectivity index (χ1) is 18.5. The number of carbonyl (C=O) groups excluding carboxylic acids is 1. The molecule has 1 aliphatic carbocycles. The van der Waals surface area contributed by atoms with Crippen LogP contribution in [0.2, 0.25) is 0 Å². The zero-order chi connectivity index (χ0) is 27.5. The summed E-state index contributed by atoms with van der Waals surface area (Å²) in [5.41, 5.74) is 3.14. The molecule has 0 bridgehead atoms. The number of carbonyl (C=O) groups is 1. The molecule has 9 nitrogen and oxygen atoms in total. The van der Waals surface area contributed by atoms with Crippen LogP contribution >= 0.6 is 0 Å². The third-order valence-corrected chi connectivity index (χ3v) is 7.35. The average molecular weight is 534 g/mol. The molecule has 0 spiro atoms. The molecule has 10 heteroatoms. The number of rotatable bonds is 4. The summed E-state index contributed by atoms with van der Waals surface area (Å²) in [6.07, 6.45) is 0.233. The van der Waals surface area contributed by atoms with E-state index in [1.54, 1.807) is 24.0 Å². The number of halogens is 1. The van der Waals surface area contributed by atoms with Crippen LogP contribution in [-0.2, 0) is 4.74 Å². The highest BCUT2D eigenvalue weighted by molar-refractivity contribution is 5.86. The van der Waals surface area contributed by atoms with E-state index in [1.807, 2.05) is 45.0 Å². The molecule has 4 aromatic rings. The number of ether oxygens (including phenoxy) is 1. The van der Waals surface area contributed by atoms with Gasteiger partial charge in [-0.2, -0.15) is 0 Å². The van der Waals surface area contributed by atoms with Crippen molar-refractivity contribution in [3.63, 3.8) is 0 Å². The number of phenols is 1. The average Bonchev–Trinajstić information content (AvgIpc) is 3.47. The number of aromatic nitrogens is 3. The second-order valence-electron chi connectivity index (χ2n) is 11.5. The van der Waals surface area contributed by atoms with E-state index in [0.717, 1.165) is 24.3 Å². The van der Waals surface area contributed by atoms with Gasteiger partial charge in [-0.1, -0.05) is 0 Å². The summed E-state index contributed by atoms with van der Waals surface area (Å²) in [5.74, 6) is 1.40. The number of oxazole rings is 1. The molecule has 1 saturated carbocycles. The molecular weight excluding hydrogens is 501 g/mol. The normalized spacial score (nSPS) is 21.4. The summed E-state index contributed by atoms with van der Waals surface area (Å²) < 4.78 is 25.0. The Morgan fingerprint density at radius 3 is 2.56 bits per heavy atom. The lowest BCUT2D eigenvalue weighted by molar-refractivity contribution is -0.0178. The van der Waals surface area contributed by atoms with E-state index < -0.39 is 11.8 Å². The number of anilines is 1. The van der Waals surface area contributed by atoms with Gasteiger partial charge >= 0.3 is 6.09 Å². The van der Waals surface area contributed by atoms with E-state index in [1.165, 1.54) is 0 Å². The number of nitrogens with zero attached hydrogens (tertiary/aromatic N) is 5. The molecule has 1 saturated heterocycles. The highest BCUT2D eigenvalue weighted by Crippen LogP contribution is 2.36. The van der Waals surface area contributed by atoms with E-state index >= 15 is 0 Å². The molecule has 2 aliphatic rings. The Balaban J connectivity index is 1.22. The number of hydrogen-bond donors (Lipinski definition) is 1. The largest absolute Gasteiger partial charge is 0.507 e. The fourth-order valence-corrected chi connectivity index (χ4v) is 5.44. The SMILES string of the molecule is Cc1nc2cc(O)c(-c3ccc4nc(N5CCC(N(C(=O)OC(C)(C)C)[C@H]6C[C@H](F)C6)C5)ccc4n3)cc2o1. The van der Waals surface area contributed by atoms with Gasteiger partial charge in [-0.3, -0.25) is 0 Å². The maximum absolute atomic E-state index is 13.7. The molecule has 2 fully saturated rings. The van der Waals surface area contributed by atoms with Gasteiger partial charge in [0.15, 0.2) is 11.5 Å². The fraction of sp³-hybridized carbons (Fsp3) is 0.448. The van der Waals surface area contributed by atoms with E-state index in [4.69, 9.17) is 19.1 Å². The summed E-state index contributed by atoms with van der Waals surface area (Å²) in [7, 11) is 0. The molecule has 0 radical (unpaired) electrons. The van der Waals surface area contributed by atoms with Crippen LogP contribution in [0.5, 0.6) is 5.75 Å². The standard InChI is InChI=1S/C29H32FN5O4/c1-16-31-24-14-25(36)20(13-26(24)38-16)21-5-6-23-22(32-21)7-8-27(33-23)34-10-9-18(15-34)35(19-11-17(30)12-19)28(37)39-29(2,3)4/h5-8,13-14,17-19,36H,9-12,15H2,1-4H3/t17-,18?,19-. The molecule has 1 amide bonds. The summed E-state index contributed by atoms with van der Waals surface area (Å²) in [6.45, 7) is 8.62. The Morgan fingerprint density at radius 1 is 1.08 bits per heavy atom. The number of aryl methyl sites for hydroxylation is 1. The number of pyridine rings is 2. The fourth-order valence-electron chi connectivity index (χ4n) is 5.44. The van der Waals surface area contributed by atoms with Crippen molar-refractivity contribution in [3.05, 3.63) is 42.3 Å². The van der Waals surface area contributed by atoms with Crippen molar-refractivity contribution in [3.8, 4) is 17.0 Å². The summed E-state index contributed by atoms with van der Waals surface area (Å²) in [6, 6.07) is 10.6. The van der Waals surface area contributed by atoms with Gasteiger partial charge in [0.25, 0.3) is 0 Å². The number of amides is 1. The van der Waals surface area contributed by atoms with Gasteiger partial charge < -0.3 is 24.1 Å². The highest BCUT2D eigenvalue weighted by atomic mass is 19.1. The van der Waals surface area contributed by atoms with E-state index in [2.05, 4.69) is 9.88 Å². The molecule has 1 aliphatic heterocycles. The van der Waals surface area contributed by atoms with Gasteiger partial charge in [0, 0.05) is 37.7 Å². The number of hydrogen-bond acceptors (Lipinski definition) is 8. The highest BCUT2D eigenvalue weighted by Gasteiger charge is 2.43. The molecule has 1 atom stereocenters. The first kappa shape index (κ1) is 25.3. The van der Waals surface area contributed by atoms with Gasteiger partial charge in [-0.15, -0.1) is 0 Å². The molecule has 39 heavy (non-hydrogen) atoms. The van der Waals surface area contributed by atoms with Crippen LogP contribution < -0.4 is 4.90 Å². The minimum absolute atomic E-state index is 0.0760. The second kappa shape index (κ2) is 9.36. The lowest BCUT2D eigenvalue weighted by Crippen LogP contribution is -2.55. The van der Waals surface area contributed by atoms with Crippen molar-refractivity contribution in [1.82, 2.24) is 19.9 Å². The van der Waals surface area contributed by atoms with Crippen LogP contribution in [0.4, 0.5) is 15.0 Å². The van der Waals surface area contributed by atoms with Gasteiger partial charge in [0.05, 0.1) is 22.8 Å². The zero-order valence-corrected chi connectivity index (χ0v) is 22.5. The minimum atomic E-state index is -0.860. The predicted octanol–water partition coefficient (Wildman–Crippen LogP) is 5.77. The second-order valence-corrected chi connectivity index (χ2v) is 11.5. The van der Waals surface area contributed by atoms with Gasteiger partial charge in [-0.25, -0.2) is 24.1 Å². The molecular formula is C29H32FN5O4. The zero-order valence-electron chi connectivity index (χ0n) is 22.5. The van der Waals surface area contributed by atoms with Crippen LogP contribution in [0, 0.1) is 6.92 Å². The van der Waals surface area contributed by atoms with Gasteiger partial charge in [0.2, 0.25) is 0 Å². The van der Waals surface area contributed by atoms with Crippen LogP contribution in [0.15, 0.2) is 40.8 Å². The number of aromatic hydroxyl groups is 1. The van der Waals surface area contributed by atoms with Crippen LogP contribution in [0.25, 0.3) is 33.4 Å². The first-order valence-corrected chi connectivity index (χ1v) is 13.3. The van der Waals surface area contributed by atoms with Gasteiger partial charge in [0.1, 0.15) is 28.9 Å². The van der Waals surface area contributed by atoms with Crippen molar-refractivity contribution in [2.45, 2.75) is 70.8 Å². The van der Waals surface area contributed by atoms with Crippen molar-refractivity contribution in [2.75, 3.05) is 18.0 Å². The Kier molecular flexibility index (Phi) is 6.08. The van der Waals surface area contributed by atoms with Crippen molar-refractivity contribution in [1.29, 1.82) is 0 Å². The summed E-state index contributed by atoms with van der Waals surface area (Å²) >= 11 is 0. The Hall–Kier alpha value is -3.95. The number of benzene rings is 1. The minimum Gasteiger partial charge on any atom is -0.507 e. The van der Waals surface area contributed by atoms with Gasteiger partial charge in [-0.05, 0) is 70.4 Å². The molecule has 1 unspecified atom stereocenters. The topological polar surface area (TPSA) is 105 Å². The Labute approximate surface area is 225 Å². The Bertz CT molecular complexity index is 1560. The number of alkyl halides is 1. The summed E-state index contributed by atoms with van der Waals surface area (Å²) in [5, 5.41) is 10.6. The van der Waals surface area contributed by atoms with E-state index in [9.17, 15) is 14.3 Å². The molecule has 204 valence electrons. The molecule has 3 aromatic heterocycles. The van der Waals surface area contributed by atoms with Crippen molar-refractivity contribution >= 4 is 34.0 Å². The van der Waals surface area contributed by atoms with Crippen molar-refractivity contribution in [2.24, 2.45) is 0 Å². The smallest absolute Gasteiger partial charge is 0.410 e. The third kappa shape index (κ3) is 4.95. The van der Waals surface area contributed by atoms with E-state index in [-0.39, 0.29) is 23.9 Å². The third-order valence-electron chi connectivity index (χ3n) is 7.35. The Morgan fingerprint density at radius 2 is 1.82 bits per heavy atom. The first-order valence-electron chi connectivity index (χ1n) is 13.3.